The third kappa shape index (κ3) is 8.44. The Balaban J connectivity index is 4.09. The summed E-state index contributed by atoms with van der Waals surface area (Å²) in [4.78, 5) is 11.7. The molecule has 0 aromatic rings. The SMILES string of the molecule is COCCC(C)(O)CNC(C)C(=O)OC(C)(C)C. The van der Waals surface area contributed by atoms with Gasteiger partial charge in [-0.15, -0.1) is 0 Å². The zero-order valence-electron chi connectivity index (χ0n) is 12.4. The van der Waals surface area contributed by atoms with Crippen molar-refractivity contribution in [3.8, 4) is 0 Å². The number of esters is 1. The minimum atomic E-state index is -0.897. The van der Waals surface area contributed by atoms with Crippen LogP contribution < -0.4 is 5.32 Å². The topological polar surface area (TPSA) is 67.8 Å². The summed E-state index contributed by atoms with van der Waals surface area (Å²) in [5.74, 6) is -0.315. The maximum atomic E-state index is 11.7. The lowest BCUT2D eigenvalue weighted by Crippen LogP contribution is -2.46. The van der Waals surface area contributed by atoms with Gasteiger partial charge in [-0.1, -0.05) is 0 Å². The van der Waals surface area contributed by atoms with Crippen LogP contribution in [0, 0.1) is 0 Å². The first-order chi connectivity index (χ1) is 8.07. The van der Waals surface area contributed by atoms with Gasteiger partial charge in [-0.3, -0.25) is 4.79 Å². The van der Waals surface area contributed by atoms with Crippen molar-refractivity contribution in [3.05, 3.63) is 0 Å². The molecule has 0 spiro atoms. The van der Waals surface area contributed by atoms with Crippen molar-refractivity contribution in [2.45, 2.75) is 58.3 Å². The van der Waals surface area contributed by atoms with Gasteiger partial charge in [0, 0.05) is 26.7 Å². The van der Waals surface area contributed by atoms with Crippen molar-refractivity contribution >= 4 is 5.97 Å². The Bertz CT molecular complexity index is 258. The second-order valence-corrected chi connectivity index (χ2v) is 5.88. The minimum Gasteiger partial charge on any atom is -0.459 e. The Labute approximate surface area is 110 Å². The number of ether oxygens (including phenoxy) is 2. The number of aliphatic hydroxyl groups is 1. The summed E-state index contributed by atoms with van der Waals surface area (Å²) >= 11 is 0. The number of nitrogens with one attached hydrogen (secondary N) is 1. The fourth-order valence-corrected chi connectivity index (χ4v) is 1.26. The molecule has 5 heteroatoms. The van der Waals surface area contributed by atoms with Crippen LogP contribution in [0.15, 0.2) is 0 Å². The van der Waals surface area contributed by atoms with Crippen LogP contribution in [0.25, 0.3) is 0 Å². The molecule has 0 aromatic carbocycles. The zero-order valence-corrected chi connectivity index (χ0v) is 12.4. The Morgan fingerprint density at radius 3 is 2.33 bits per heavy atom. The highest BCUT2D eigenvalue weighted by Crippen LogP contribution is 2.10. The Morgan fingerprint density at radius 2 is 1.89 bits per heavy atom. The van der Waals surface area contributed by atoms with Gasteiger partial charge in [-0.2, -0.15) is 0 Å². The van der Waals surface area contributed by atoms with Crippen molar-refractivity contribution in [2.24, 2.45) is 0 Å². The van der Waals surface area contributed by atoms with Gasteiger partial charge in [0.25, 0.3) is 0 Å². The van der Waals surface area contributed by atoms with Crippen molar-refractivity contribution in [3.63, 3.8) is 0 Å². The number of carbonyl (C=O) groups is 1. The minimum absolute atomic E-state index is 0.315. The third-order valence-corrected chi connectivity index (χ3v) is 2.39. The molecular formula is C13H27NO4. The van der Waals surface area contributed by atoms with E-state index in [-0.39, 0.29) is 5.97 Å². The maximum Gasteiger partial charge on any atom is 0.323 e. The van der Waals surface area contributed by atoms with Crippen LogP contribution >= 0.6 is 0 Å². The summed E-state index contributed by atoms with van der Waals surface area (Å²) in [6, 6.07) is -0.446. The van der Waals surface area contributed by atoms with Crippen LogP contribution in [-0.2, 0) is 14.3 Å². The average Bonchev–Trinajstić information content (AvgIpc) is 2.21. The first-order valence-corrected chi connectivity index (χ1v) is 6.25. The van der Waals surface area contributed by atoms with E-state index >= 15 is 0 Å². The Kier molecular flexibility index (Phi) is 6.81. The van der Waals surface area contributed by atoms with Crippen LogP contribution in [0.2, 0.25) is 0 Å². The molecule has 0 fully saturated rings. The molecule has 0 saturated heterocycles. The number of carbonyl (C=O) groups excluding carboxylic acids is 1. The first-order valence-electron chi connectivity index (χ1n) is 6.25. The fourth-order valence-electron chi connectivity index (χ4n) is 1.26. The van der Waals surface area contributed by atoms with Crippen molar-refractivity contribution < 1.29 is 19.4 Å². The van der Waals surface area contributed by atoms with E-state index < -0.39 is 17.2 Å². The normalized spacial score (nSPS) is 17.1. The van der Waals surface area contributed by atoms with Gasteiger partial charge in [0.2, 0.25) is 0 Å². The van der Waals surface area contributed by atoms with Crippen LogP contribution in [-0.4, -0.2) is 48.6 Å². The molecule has 0 amide bonds. The monoisotopic (exact) mass is 261 g/mol. The number of hydrogen-bond donors (Lipinski definition) is 2. The molecule has 0 aliphatic rings. The summed E-state index contributed by atoms with van der Waals surface area (Å²) in [7, 11) is 1.59. The van der Waals surface area contributed by atoms with Crippen LogP contribution in [0.4, 0.5) is 0 Å². The molecule has 0 radical (unpaired) electrons. The molecule has 0 aromatic heterocycles. The lowest BCUT2D eigenvalue weighted by atomic mass is 10.0. The summed E-state index contributed by atoms with van der Waals surface area (Å²) in [6.07, 6.45) is 0.511. The van der Waals surface area contributed by atoms with E-state index in [1.165, 1.54) is 0 Å². The van der Waals surface area contributed by atoms with Crippen molar-refractivity contribution in [1.82, 2.24) is 5.32 Å². The molecule has 0 aliphatic heterocycles. The standard InChI is InChI=1S/C13H27NO4/c1-10(11(15)18-12(2,3)4)14-9-13(5,16)7-8-17-6/h10,14,16H,7-9H2,1-6H3. The predicted molar refractivity (Wildman–Crippen MR) is 70.4 cm³/mol. The highest BCUT2D eigenvalue weighted by molar-refractivity contribution is 5.75. The van der Waals surface area contributed by atoms with Crippen LogP contribution in [0.3, 0.4) is 0 Å². The summed E-state index contributed by atoms with van der Waals surface area (Å²) in [5, 5.41) is 13.0. The van der Waals surface area contributed by atoms with Gasteiger partial charge in [0.1, 0.15) is 11.6 Å². The summed E-state index contributed by atoms with van der Waals surface area (Å²) in [6.45, 7) is 9.71. The van der Waals surface area contributed by atoms with Gasteiger partial charge >= 0.3 is 5.97 Å². The van der Waals surface area contributed by atoms with E-state index in [1.54, 1.807) is 21.0 Å². The number of hydrogen-bond acceptors (Lipinski definition) is 5. The molecule has 0 aliphatic carbocycles. The molecule has 2 atom stereocenters. The van der Waals surface area contributed by atoms with Gasteiger partial charge < -0.3 is 19.9 Å². The van der Waals surface area contributed by atoms with E-state index in [0.29, 0.717) is 19.6 Å². The fraction of sp³-hybridized carbons (Fsp3) is 0.923. The van der Waals surface area contributed by atoms with Crippen molar-refractivity contribution in [2.75, 3.05) is 20.3 Å². The molecule has 108 valence electrons. The van der Waals surface area contributed by atoms with E-state index in [1.807, 2.05) is 20.8 Å². The molecule has 0 bridgehead atoms. The molecule has 2 unspecified atom stereocenters. The largest absolute Gasteiger partial charge is 0.459 e. The van der Waals surface area contributed by atoms with E-state index in [4.69, 9.17) is 9.47 Å². The van der Waals surface area contributed by atoms with Gasteiger partial charge in [0.05, 0.1) is 5.60 Å². The Hall–Kier alpha value is -0.650. The first kappa shape index (κ1) is 17.4. The molecular weight excluding hydrogens is 234 g/mol. The highest BCUT2D eigenvalue weighted by atomic mass is 16.6. The lowest BCUT2D eigenvalue weighted by Gasteiger charge is -2.27. The summed E-state index contributed by atoms with van der Waals surface area (Å²) < 4.78 is 10.2. The predicted octanol–water partition coefficient (Wildman–Crippen LogP) is 1.09. The smallest absolute Gasteiger partial charge is 0.323 e. The average molecular weight is 261 g/mol. The van der Waals surface area contributed by atoms with Crippen LogP contribution in [0.5, 0.6) is 0 Å². The number of methoxy groups -OCH3 is 1. The van der Waals surface area contributed by atoms with Gasteiger partial charge in [0.15, 0.2) is 0 Å². The molecule has 0 saturated carbocycles. The second kappa shape index (κ2) is 7.07. The highest BCUT2D eigenvalue weighted by Gasteiger charge is 2.25. The summed E-state index contributed by atoms with van der Waals surface area (Å²) in [5.41, 5.74) is -1.39. The molecule has 18 heavy (non-hydrogen) atoms. The number of rotatable bonds is 7. The quantitative estimate of drug-likeness (QED) is 0.672. The van der Waals surface area contributed by atoms with Gasteiger partial charge in [-0.05, 0) is 34.6 Å². The second-order valence-electron chi connectivity index (χ2n) is 5.88. The van der Waals surface area contributed by atoms with E-state index in [2.05, 4.69) is 5.32 Å². The third-order valence-electron chi connectivity index (χ3n) is 2.39. The molecule has 5 nitrogen and oxygen atoms in total. The maximum absolute atomic E-state index is 11.7. The van der Waals surface area contributed by atoms with Crippen LogP contribution in [0.1, 0.15) is 41.0 Å². The Morgan fingerprint density at radius 1 is 1.33 bits per heavy atom. The molecule has 0 rings (SSSR count). The van der Waals surface area contributed by atoms with E-state index in [9.17, 15) is 9.90 Å². The zero-order chi connectivity index (χ0) is 14.4. The van der Waals surface area contributed by atoms with E-state index in [0.717, 1.165) is 0 Å². The van der Waals surface area contributed by atoms with Crippen molar-refractivity contribution in [1.29, 1.82) is 0 Å². The molecule has 2 N–H and O–H groups in total. The molecule has 0 heterocycles. The van der Waals surface area contributed by atoms with Gasteiger partial charge in [-0.25, -0.2) is 0 Å². The lowest BCUT2D eigenvalue weighted by molar-refractivity contribution is -0.157.